The summed E-state index contributed by atoms with van der Waals surface area (Å²) in [5.74, 6) is 0. The summed E-state index contributed by atoms with van der Waals surface area (Å²) in [5.41, 5.74) is 2.18. The summed E-state index contributed by atoms with van der Waals surface area (Å²) in [6.45, 7) is 9.03. The Balaban J connectivity index is 0.000000303. The normalized spacial score (nSPS) is 13.1. The van der Waals surface area contributed by atoms with Crippen molar-refractivity contribution in [2.24, 2.45) is 0 Å². The van der Waals surface area contributed by atoms with Crippen molar-refractivity contribution in [1.82, 2.24) is 20.1 Å². The molecule has 4 rings (SSSR count). The molecule has 1 aromatic carbocycles. The van der Waals surface area contributed by atoms with Crippen molar-refractivity contribution in [1.29, 1.82) is 0 Å². The number of nitrogens with zero attached hydrogens (tertiary/aromatic N) is 2. The predicted octanol–water partition coefficient (Wildman–Crippen LogP) is 4.56. The van der Waals surface area contributed by atoms with Crippen LogP contribution in [0.5, 0.6) is 0 Å². The third-order valence-electron chi connectivity index (χ3n) is 4.75. The summed E-state index contributed by atoms with van der Waals surface area (Å²) in [4.78, 5) is 30.9. The lowest BCUT2D eigenvalue weighted by atomic mass is 10.2. The molecule has 0 saturated carbocycles. The van der Waals surface area contributed by atoms with Crippen molar-refractivity contribution in [2.45, 2.75) is 33.4 Å². The van der Waals surface area contributed by atoms with Gasteiger partial charge in [-0.2, -0.15) is 0 Å². The van der Waals surface area contributed by atoms with E-state index < -0.39 is 0 Å². The Morgan fingerprint density at radius 2 is 1.78 bits per heavy atom. The second-order valence-electron chi connectivity index (χ2n) is 8.72. The van der Waals surface area contributed by atoms with E-state index >= 15 is 0 Å². The van der Waals surface area contributed by atoms with Crippen LogP contribution in [-0.2, 0) is 22.6 Å². The van der Waals surface area contributed by atoms with E-state index in [9.17, 15) is 9.59 Å². The van der Waals surface area contributed by atoms with Crippen molar-refractivity contribution >= 4 is 39.4 Å². The number of aldehydes is 1. The number of carbonyl (C=O) groups excluding carboxylic acids is 1. The molecule has 3 heterocycles. The quantitative estimate of drug-likeness (QED) is 0.465. The summed E-state index contributed by atoms with van der Waals surface area (Å²) in [5, 5.41) is 4.67. The van der Waals surface area contributed by atoms with E-state index in [1.165, 1.54) is 10.4 Å². The summed E-state index contributed by atoms with van der Waals surface area (Å²) < 4.78 is 5.34. The number of fused-ring (bicyclic) bond motifs is 1. The van der Waals surface area contributed by atoms with Crippen LogP contribution in [0.3, 0.4) is 0 Å². The zero-order chi connectivity index (χ0) is 26.9. The fourth-order valence-corrected chi connectivity index (χ4v) is 4.23. The minimum Gasteiger partial charge on any atom is -0.379 e. The lowest BCUT2D eigenvalue weighted by molar-refractivity contribution is -0.107. The molecule has 0 radical (unpaired) electrons. The first-order chi connectivity index (χ1) is 17.2. The molecule has 36 heavy (non-hydrogen) atoms. The van der Waals surface area contributed by atoms with E-state index in [1.807, 2.05) is 77.3 Å². The molecule has 1 aliphatic heterocycles. The molecule has 0 atom stereocenters. The first-order valence-electron chi connectivity index (χ1n) is 12.1. The van der Waals surface area contributed by atoms with Crippen LogP contribution < -0.4 is 10.7 Å². The number of thiophene rings is 1. The number of hydrogen-bond donors (Lipinski definition) is 2. The molecule has 0 amide bonds. The minimum atomic E-state index is 0.147. The van der Waals surface area contributed by atoms with Crippen molar-refractivity contribution in [2.75, 3.05) is 54.5 Å². The molecule has 2 N–H and O–H groups in total. The van der Waals surface area contributed by atoms with E-state index in [4.69, 9.17) is 16.3 Å². The number of hydrogen-bond acceptors (Lipinski definition) is 7. The monoisotopic (exact) mass is 536 g/mol. The Labute approximate surface area is 224 Å². The minimum absolute atomic E-state index is 0.147. The van der Waals surface area contributed by atoms with Crippen LogP contribution in [0.4, 0.5) is 0 Å². The van der Waals surface area contributed by atoms with Gasteiger partial charge in [-0.3, -0.25) is 9.69 Å². The molecule has 9 heteroatoms. The van der Waals surface area contributed by atoms with Crippen LogP contribution in [0, 0.1) is 6.92 Å². The zero-order valence-corrected chi connectivity index (χ0v) is 24.0. The van der Waals surface area contributed by atoms with E-state index in [0.717, 1.165) is 66.5 Å². The number of pyridine rings is 1. The average molecular weight is 537 g/mol. The molecule has 2 aromatic heterocycles. The number of carbonyl (C=O) groups is 1. The standard InChI is InChI=1S/C13H16N2O2S.C8H10ClN.C3H9N.C3H6O/c1-9-7-14-13-11(12(9)16)6-10(18-13)8-15-2-4-17-5-3-15;1-10-6-7-2-4-8(9)5-3-7;1-4(2)3;1-2-3-4/h6-7H,2-5,8H2,1H3,(H,14,16);2-5,10H,6H2,1H3;1-3H3;3H,2H2,1H3. The van der Waals surface area contributed by atoms with Gasteiger partial charge >= 0.3 is 0 Å². The van der Waals surface area contributed by atoms with Crippen LogP contribution in [0.2, 0.25) is 5.02 Å². The maximum atomic E-state index is 12.0. The van der Waals surface area contributed by atoms with Crippen molar-refractivity contribution in [3.05, 3.63) is 67.8 Å². The Morgan fingerprint density at radius 1 is 1.19 bits per heavy atom. The van der Waals surface area contributed by atoms with Crippen molar-refractivity contribution < 1.29 is 9.53 Å². The number of morpholine rings is 1. The summed E-state index contributed by atoms with van der Waals surface area (Å²) in [6.07, 6.45) is 3.31. The number of rotatable bonds is 5. The Morgan fingerprint density at radius 3 is 2.31 bits per heavy atom. The zero-order valence-electron chi connectivity index (χ0n) is 22.4. The third-order valence-corrected chi connectivity index (χ3v) is 6.05. The van der Waals surface area contributed by atoms with Crippen LogP contribution in [-0.4, -0.2) is 75.6 Å². The number of benzene rings is 1. The van der Waals surface area contributed by atoms with Crippen molar-refractivity contribution in [3.8, 4) is 0 Å². The van der Waals surface area contributed by atoms with Gasteiger partial charge in [0.15, 0.2) is 5.43 Å². The topological polar surface area (TPSA) is 77.7 Å². The van der Waals surface area contributed by atoms with Gasteiger partial charge in [0.25, 0.3) is 0 Å². The molecule has 0 aliphatic carbocycles. The maximum absolute atomic E-state index is 12.0. The number of halogens is 1. The SMILES string of the molecule is CCC=O.CN(C)C.CNCc1ccc(Cl)cc1.Cc1c[nH]c2sc(CN3CCOCC3)cc2c1=O. The molecule has 0 unspecified atom stereocenters. The number of aryl methyl sites for hydroxylation is 1. The second kappa shape index (κ2) is 18.2. The van der Waals surface area contributed by atoms with Crippen LogP contribution in [0.25, 0.3) is 10.2 Å². The van der Waals surface area contributed by atoms with Gasteiger partial charge in [-0.1, -0.05) is 30.7 Å². The first kappa shape index (κ1) is 32.0. The number of H-pyrrole nitrogens is 1. The highest BCUT2D eigenvalue weighted by Crippen LogP contribution is 2.23. The number of ether oxygens (including phenoxy) is 1. The number of nitrogens with one attached hydrogen (secondary N) is 2. The van der Waals surface area contributed by atoms with Gasteiger partial charge in [0, 0.05) is 54.3 Å². The fourth-order valence-electron chi connectivity index (χ4n) is 3.03. The van der Waals surface area contributed by atoms with Crippen LogP contribution in [0.1, 0.15) is 29.3 Å². The highest BCUT2D eigenvalue weighted by molar-refractivity contribution is 7.18. The van der Waals surface area contributed by atoms with E-state index in [-0.39, 0.29) is 5.43 Å². The molecule has 200 valence electrons. The van der Waals surface area contributed by atoms with Gasteiger partial charge in [0.2, 0.25) is 0 Å². The molecule has 7 nitrogen and oxygen atoms in total. The lowest BCUT2D eigenvalue weighted by Gasteiger charge is -2.25. The van der Waals surface area contributed by atoms with Gasteiger partial charge in [-0.25, -0.2) is 0 Å². The largest absolute Gasteiger partial charge is 0.379 e. The van der Waals surface area contributed by atoms with Gasteiger partial charge in [0.1, 0.15) is 11.1 Å². The number of aromatic amines is 1. The van der Waals surface area contributed by atoms with E-state index in [0.29, 0.717) is 6.42 Å². The summed E-state index contributed by atoms with van der Waals surface area (Å²) >= 11 is 7.37. The van der Waals surface area contributed by atoms with Crippen LogP contribution >= 0.6 is 22.9 Å². The van der Waals surface area contributed by atoms with E-state index in [2.05, 4.69) is 15.2 Å². The van der Waals surface area contributed by atoms with Crippen molar-refractivity contribution in [3.63, 3.8) is 0 Å². The van der Waals surface area contributed by atoms with Gasteiger partial charge < -0.3 is 24.7 Å². The second-order valence-corrected chi connectivity index (χ2v) is 10.3. The lowest BCUT2D eigenvalue weighted by Crippen LogP contribution is -2.35. The van der Waals surface area contributed by atoms with Gasteiger partial charge in [-0.15, -0.1) is 11.3 Å². The third kappa shape index (κ3) is 12.8. The molecule has 0 spiro atoms. The molecule has 0 bridgehead atoms. The highest BCUT2D eigenvalue weighted by Gasteiger charge is 2.13. The molecule has 1 fully saturated rings. The molecule has 3 aromatic rings. The average Bonchev–Trinajstić information content (AvgIpc) is 3.27. The summed E-state index contributed by atoms with van der Waals surface area (Å²) in [6, 6.07) is 9.85. The number of aromatic nitrogens is 1. The Kier molecular flexibility index (Phi) is 16.2. The highest BCUT2D eigenvalue weighted by atomic mass is 35.5. The summed E-state index contributed by atoms with van der Waals surface area (Å²) in [7, 11) is 7.93. The Bertz CT molecular complexity index is 1060. The molecular formula is C27H41ClN4O3S. The van der Waals surface area contributed by atoms with E-state index in [1.54, 1.807) is 17.5 Å². The van der Waals surface area contributed by atoms with Gasteiger partial charge in [0.05, 0.1) is 18.6 Å². The maximum Gasteiger partial charge on any atom is 0.193 e. The van der Waals surface area contributed by atoms with Crippen LogP contribution in [0.15, 0.2) is 41.3 Å². The fraction of sp³-hybridized carbons (Fsp3) is 0.481. The smallest absolute Gasteiger partial charge is 0.193 e. The molecule has 1 aliphatic rings. The predicted molar refractivity (Wildman–Crippen MR) is 153 cm³/mol. The van der Waals surface area contributed by atoms with Gasteiger partial charge in [-0.05, 0) is 58.9 Å². The Hall–Kier alpha value is -2.07. The molecular weight excluding hydrogens is 496 g/mol. The molecule has 1 saturated heterocycles. The first-order valence-corrected chi connectivity index (χ1v) is 13.3.